The van der Waals surface area contributed by atoms with E-state index in [9.17, 15) is 5.11 Å². The summed E-state index contributed by atoms with van der Waals surface area (Å²) in [4.78, 5) is 0. The molecule has 3 aromatic carbocycles. The largest absolute Gasteiger partial charge is 0.490 e. The minimum atomic E-state index is -0.597. The van der Waals surface area contributed by atoms with E-state index in [-0.39, 0.29) is 6.61 Å². The summed E-state index contributed by atoms with van der Waals surface area (Å²) >= 11 is 0. The van der Waals surface area contributed by atoms with E-state index in [0.29, 0.717) is 13.1 Å². The maximum Gasteiger partial charge on any atom is 0.130 e. The first-order valence-corrected chi connectivity index (χ1v) is 11.4. The molecule has 1 atom stereocenters. The molecule has 0 aliphatic heterocycles. The van der Waals surface area contributed by atoms with E-state index in [1.807, 2.05) is 47.3 Å². The number of aliphatic hydroxyl groups is 1. The Hall–Kier alpha value is -3.35. The second-order valence-corrected chi connectivity index (χ2v) is 8.36. The van der Waals surface area contributed by atoms with Crippen molar-refractivity contribution in [2.24, 2.45) is 0 Å². The van der Waals surface area contributed by atoms with Gasteiger partial charge in [-0.2, -0.15) is 5.10 Å². The lowest BCUT2D eigenvalue weighted by Crippen LogP contribution is -2.34. The van der Waals surface area contributed by atoms with Crippen molar-refractivity contribution in [3.05, 3.63) is 89.6 Å². The normalized spacial score (nSPS) is 12.1. The minimum Gasteiger partial charge on any atom is -0.490 e. The second-order valence-electron chi connectivity index (χ2n) is 8.36. The maximum atomic E-state index is 10.4. The SMILES string of the molecule is Cc1cccc(C)c1NCCNCC(O)COc1cccc2nn(Cc3ccccc3)cc12. The van der Waals surface area contributed by atoms with Gasteiger partial charge in [-0.25, -0.2) is 0 Å². The summed E-state index contributed by atoms with van der Waals surface area (Å²) in [5.41, 5.74) is 5.74. The first-order chi connectivity index (χ1) is 16.1. The zero-order valence-corrected chi connectivity index (χ0v) is 19.3. The van der Waals surface area contributed by atoms with Gasteiger partial charge in [-0.1, -0.05) is 54.6 Å². The predicted octanol–water partition coefficient (Wildman–Crippen LogP) is 4.14. The molecule has 0 saturated heterocycles. The maximum absolute atomic E-state index is 10.4. The topological polar surface area (TPSA) is 71.3 Å². The Morgan fingerprint density at radius 3 is 2.48 bits per heavy atom. The van der Waals surface area contributed by atoms with E-state index in [2.05, 4.69) is 59.9 Å². The molecule has 1 aromatic heterocycles. The number of aromatic nitrogens is 2. The molecular formula is C27H32N4O2. The van der Waals surface area contributed by atoms with Gasteiger partial charge in [-0.15, -0.1) is 0 Å². The number of benzene rings is 3. The monoisotopic (exact) mass is 444 g/mol. The van der Waals surface area contributed by atoms with E-state index in [1.165, 1.54) is 22.4 Å². The van der Waals surface area contributed by atoms with Crippen LogP contribution in [-0.2, 0) is 6.54 Å². The average molecular weight is 445 g/mol. The summed E-state index contributed by atoms with van der Waals surface area (Å²) in [7, 11) is 0. The Bertz CT molecular complexity index is 1150. The molecule has 1 heterocycles. The van der Waals surface area contributed by atoms with Crippen LogP contribution in [0.1, 0.15) is 16.7 Å². The van der Waals surface area contributed by atoms with Crippen LogP contribution in [0, 0.1) is 13.8 Å². The second kappa shape index (κ2) is 11.0. The molecule has 1 unspecified atom stereocenters. The van der Waals surface area contributed by atoms with Gasteiger partial charge in [-0.05, 0) is 42.7 Å². The van der Waals surface area contributed by atoms with E-state index in [4.69, 9.17) is 4.74 Å². The highest BCUT2D eigenvalue weighted by Crippen LogP contribution is 2.25. The Balaban J connectivity index is 1.24. The molecule has 0 spiro atoms. The number of aliphatic hydroxyl groups excluding tert-OH is 1. The lowest BCUT2D eigenvalue weighted by Gasteiger charge is -2.15. The molecule has 6 nitrogen and oxygen atoms in total. The zero-order chi connectivity index (χ0) is 23.0. The quantitative estimate of drug-likeness (QED) is 0.303. The van der Waals surface area contributed by atoms with Crippen molar-refractivity contribution in [2.75, 3.05) is 31.6 Å². The molecular weight excluding hydrogens is 412 g/mol. The number of hydrogen-bond donors (Lipinski definition) is 3. The van der Waals surface area contributed by atoms with Crippen molar-refractivity contribution in [2.45, 2.75) is 26.5 Å². The summed E-state index contributed by atoms with van der Waals surface area (Å²) in [6.45, 7) is 7.16. The number of hydrogen-bond acceptors (Lipinski definition) is 5. The van der Waals surface area contributed by atoms with Crippen LogP contribution in [0.4, 0.5) is 5.69 Å². The molecule has 0 aliphatic rings. The Morgan fingerprint density at radius 2 is 1.70 bits per heavy atom. The highest BCUT2D eigenvalue weighted by Gasteiger charge is 2.10. The molecule has 4 rings (SSSR count). The summed E-state index contributed by atoms with van der Waals surface area (Å²) in [5, 5.41) is 22.7. The van der Waals surface area contributed by atoms with Gasteiger partial charge in [0.1, 0.15) is 18.5 Å². The number of fused-ring (bicyclic) bond motifs is 1. The number of nitrogens with zero attached hydrogens (tertiary/aromatic N) is 2. The summed E-state index contributed by atoms with van der Waals surface area (Å²) in [6, 6.07) is 22.4. The van der Waals surface area contributed by atoms with Gasteiger partial charge in [0, 0.05) is 31.5 Å². The van der Waals surface area contributed by atoms with Gasteiger partial charge in [0.05, 0.1) is 17.4 Å². The van der Waals surface area contributed by atoms with Crippen LogP contribution < -0.4 is 15.4 Å². The van der Waals surface area contributed by atoms with Crippen molar-refractivity contribution < 1.29 is 9.84 Å². The van der Waals surface area contributed by atoms with Crippen LogP contribution in [0.2, 0.25) is 0 Å². The highest BCUT2D eigenvalue weighted by atomic mass is 16.5. The van der Waals surface area contributed by atoms with Crippen molar-refractivity contribution in [1.82, 2.24) is 15.1 Å². The van der Waals surface area contributed by atoms with Crippen LogP contribution in [0.3, 0.4) is 0 Å². The summed E-state index contributed by atoms with van der Waals surface area (Å²) in [5.74, 6) is 0.738. The Morgan fingerprint density at radius 1 is 0.939 bits per heavy atom. The van der Waals surface area contributed by atoms with E-state index >= 15 is 0 Å². The fourth-order valence-corrected chi connectivity index (χ4v) is 3.93. The first-order valence-electron chi connectivity index (χ1n) is 11.4. The number of aryl methyl sites for hydroxylation is 2. The Labute approximate surface area is 195 Å². The van der Waals surface area contributed by atoms with Crippen LogP contribution >= 0.6 is 0 Å². The third-order valence-electron chi connectivity index (χ3n) is 5.64. The molecule has 172 valence electrons. The average Bonchev–Trinajstić information content (AvgIpc) is 3.23. The van der Waals surface area contributed by atoms with Gasteiger partial charge >= 0.3 is 0 Å². The smallest absolute Gasteiger partial charge is 0.130 e. The molecule has 0 bridgehead atoms. The predicted molar refractivity (Wildman–Crippen MR) is 134 cm³/mol. The van der Waals surface area contributed by atoms with Crippen LogP contribution in [0.5, 0.6) is 5.75 Å². The van der Waals surface area contributed by atoms with Crippen LogP contribution in [-0.4, -0.2) is 47.2 Å². The van der Waals surface area contributed by atoms with Gasteiger partial charge in [0.15, 0.2) is 0 Å². The van der Waals surface area contributed by atoms with Gasteiger partial charge < -0.3 is 20.5 Å². The third-order valence-corrected chi connectivity index (χ3v) is 5.64. The first kappa shape index (κ1) is 22.8. The molecule has 0 saturated carbocycles. The molecule has 0 aliphatic carbocycles. The molecule has 0 amide bonds. The Kier molecular flexibility index (Phi) is 7.60. The van der Waals surface area contributed by atoms with Crippen molar-refractivity contribution in [3.8, 4) is 5.75 Å². The lowest BCUT2D eigenvalue weighted by atomic mass is 10.1. The van der Waals surface area contributed by atoms with Crippen LogP contribution in [0.25, 0.3) is 10.9 Å². The third kappa shape index (κ3) is 6.12. The van der Waals surface area contributed by atoms with Gasteiger partial charge in [0.25, 0.3) is 0 Å². The summed E-state index contributed by atoms with van der Waals surface area (Å²) in [6.07, 6.45) is 1.40. The number of nitrogens with one attached hydrogen (secondary N) is 2. The zero-order valence-electron chi connectivity index (χ0n) is 19.3. The highest BCUT2D eigenvalue weighted by molar-refractivity contribution is 5.84. The molecule has 33 heavy (non-hydrogen) atoms. The molecule has 0 fully saturated rings. The van der Waals surface area contributed by atoms with E-state index in [0.717, 1.165) is 29.7 Å². The van der Waals surface area contributed by atoms with E-state index < -0.39 is 6.10 Å². The molecule has 4 aromatic rings. The minimum absolute atomic E-state index is 0.223. The van der Waals surface area contributed by atoms with Crippen molar-refractivity contribution in [3.63, 3.8) is 0 Å². The van der Waals surface area contributed by atoms with E-state index in [1.54, 1.807) is 0 Å². The van der Waals surface area contributed by atoms with Crippen molar-refractivity contribution >= 4 is 16.6 Å². The molecule has 6 heteroatoms. The fraction of sp³-hybridized carbons (Fsp3) is 0.296. The fourth-order valence-electron chi connectivity index (χ4n) is 3.93. The summed E-state index contributed by atoms with van der Waals surface area (Å²) < 4.78 is 7.87. The van der Waals surface area contributed by atoms with Crippen molar-refractivity contribution in [1.29, 1.82) is 0 Å². The molecule has 0 radical (unpaired) electrons. The lowest BCUT2D eigenvalue weighted by molar-refractivity contribution is 0.107. The standard InChI is InChI=1S/C27H32N4O2/c1-20-8-6-9-21(2)27(20)29-15-14-28-16-23(32)19-33-26-13-7-12-25-24(26)18-31(30-25)17-22-10-4-3-5-11-22/h3-13,18,23,28-29,32H,14-17,19H2,1-2H3. The number of rotatable bonds is 11. The number of anilines is 1. The molecule has 3 N–H and O–H groups in total. The van der Waals surface area contributed by atoms with Gasteiger partial charge in [0.2, 0.25) is 0 Å². The van der Waals surface area contributed by atoms with Gasteiger partial charge in [-0.3, -0.25) is 4.68 Å². The number of ether oxygens (including phenoxy) is 1. The van der Waals surface area contributed by atoms with Crippen LogP contribution in [0.15, 0.2) is 72.9 Å². The number of para-hydroxylation sites is 1.